The summed E-state index contributed by atoms with van der Waals surface area (Å²) in [6.45, 7) is 4.87. The Bertz CT molecular complexity index is 431. The van der Waals surface area contributed by atoms with Crippen LogP contribution in [-0.2, 0) is 0 Å². The molecule has 1 aromatic carbocycles. The van der Waals surface area contributed by atoms with Gasteiger partial charge in [-0.15, -0.1) is 0 Å². The highest BCUT2D eigenvalue weighted by Crippen LogP contribution is 2.36. The Hall–Kier alpha value is -1.75. The largest absolute Gasteiger partial charge is 0.492 e. The van der Waals surface area contributed by atoms with Crippen LogP contribution in [0.2, 0.25) is 0 Å². The van der Waals surface area contributed by atoms with Crippen molar-refractivity contribution in [2.45, 2.75) is 13.3 Å². The molecule has 5 nitrogen and oxygen atoms in total. The lowest BCUT2D eigenvalue weighted by molar-refractivity contribution is 0.312. The molecule has 104 valence electrons. The minimum Gasteiger partial charge on any atom is -0.492 e. The van der Waals surface area contributed by atoms with E-state index in [2.05, 4.69) is 17.4 Å². The molecule has 1 fully saturated rings. The molecule has 2 unspecified atom stereocenters. The van der Waals surface area contributed by atoms with Gasteiger partial charge in [0, 0.05) is 12.1 Å². The Kier molecular flexibility index (Phi) is 4.63. The van der Waals surface area contributed by atoms with Crippen LogP contribution in [0.3, 0.4) is 0 Å². The number of nitrogens with two attached hydrogens (primary N) is 1. The minimum absolute atomic E-state index is 0.103. The van der Waals surface area contributed by atoms with Crippen LogP contribution >= 0.6 is 0 Å². The van der Waals surface area contributed by atoms with Crippen LogP contribution in [0.5, 0.6) is 5.75 Å². The fourth-order valence-electron chi connectivity index (χ4n) is 1.99. The monoisotopic (exact) mass is 263 g/mol. The van der Waals surface area contributed by atoms with Crippen LogP contribution in [0.15, 0.2) is 29.4 Å². The summed E-state index contributed by atoms with van der Waals surface area (Å²) in [7, 11) is 0. The molecule has 0 aliphatic heterocycles. The molecule has 1 aliphatic carbocycles. The lowest BCUT2D eigenvalue weighted by atomic mass is 10.2. The van der Waals surface area contributed by atoms with Crippen molar-refractivity contribution in [3.05, 3.63) is 29.8 Å². The number of nitrogens with one attached hydrogen (secondary N) is 1. The summed E-state index contributed by atoms with van der Waals surface area (Å²) in [6, 6.07) is 7.17. The Morgan fingerprint density at radius 2 is 2.16 bits per heavy atom. The molecule has 19 heavy (non-hydrogen) atoms. The van der Waals surface area contributed by atoms with E-state index >= 15 is 0 Å². The van der Waals surface area contributed by atoms with Crippen molar-refractivity contribution in [2.75, 3.05) is 19.7 Å². The van der Waals surface area contributed by atoms with Gasteiger partial charge in [0.05, 0.1) is 0 Å². The van der Waals surface area contributed by atoms with Crippen LogP contribution in [-0.4, -0.2) is 30.7 Å². The van der Waals surface area contributed by atoms with Crippen molar-refractivity contribution < 1.29 is 9.94 Å². The number of rotatable bonds is 7. The van der Waals surface area contributed by atoms with E-state index in [0.717, 1.165) is 30.7 Å². The van der Waals surface area contributed by atoms with E-state index in [1.54, 1.807) is 12.1 Å². The third-order valence-electron chi connectivity index (χ3n) is 3.49. The average molecular weight is 263 g/mol. The number of benzene rings is 1. The van der Waals surface area contributed by atoms with Crippen molar-refractivity contribution in [3.63, 3.8) is 0 Å². The van der Waals surface area contributed by atoms with Crippen molar-refractivity contribution in [2.24, 2.45) is 22.7 Å². The van der Waals surface area contributed by atoms with Crippen molar-refractivity contribution in [1.29, 1.82) is 0 Å². The van der Waals surface area contributed by atoms with Gasteiger partial charge in [-0.1, -0.05) is 12.1 Å². The molecule has 2 atom stereocenters. The summed E-state index contributed by atoms with van der Waals surface area (Å²) < 4.78 is 5.60. The van der Waals surface area contributed by atoms with Gasteiger partial charge < -0.3 is 21.0 Å². The molecule has 0 amide bonds. The van der Waals surface area contributed by atoms with Gasteiger partial charge in [0.15, 0.2) is 5.84 Å². The van der Waals surface area contributed by atoms with Crippen LogP contribution in [0.4, 0.5) is 0 Å². The van der Waals surface area contributed by atoms with Gasteiger partial charge in [0.25, 0.3) is 0 Å². The Balaban J connectivity index is 1.65. The molecule has 0 bridgehead atoms. The highest BCUT2D eigenvalue weighted by molar-refractivity contribution is 5.97. The fourth-order valence-corrected chi connectivity index (χ4v) is 1.99. The first-order valence-electron chi connectivity index (χ1n) is 6.62. The van der Waals surface area contributed by atoms with E-state index in [9.17, 15) is 0 Å². The molecule has 0 radical (unpaired) electrons. The summed E-state index contributed by atoms with van der Waals surface area (Å²) in [5.41, 5.74) is 6.16. The van der Waals surface area contributed by atoms with Gasteiger partial charge in [-0.05, 0) is 49.1 Å². The van der Waals surface area contributed by atoms with Crippen molar-refractivity contribution in [1.82, 2.24) is 5.32 Å². The maximum Gasteiger partial charge on any atom is 0.170 e. The van der Waals surface area contributed by atoms with Gasteiger partial charge >= 0.3 is 0 Å². The topological polar surface area (TPSA) is 79.9 Å². The molecule has 4 N–H and O–H groups in total. The second kappa shape index (κ2) is 6.43. The van der Waals surface area contributed by atoms with Gasteiger partial charge in [-0.25, -0.2) is 0 Å². The molecule has 0 saturated heterocycles. The SMILES string of the molecule is CC1CC1CNCCOc1ccc(/C(N)=N/O)cc1. The van der Waals surface area contributed by atoms with Gasteiger partial charge in [-0.2, -0.15) is 0 Å². The quantitative estimate of drug-likeness (QED) is 0.228. The van der Waals surface area contributed by atoms with Crippen molar-refractivity contribution >= 4 is 5.84 Å². The van der Waals surface area contributed by atoms with Gasteiger partial charge in [0.1, 0.15) is 12.4 Å². The zero-order valence-electron chi connectivity index (χ0n) is 11.2. The van der Waals surface area contributed by atoms with Gasteiger partial charge in [0.2, 0.25) is 0 Å². The van der Waals surface area contributed by atoms with E-state index in [1.807, 2.05) is 12.1 Å². The molecular weight excluding hydrogens is 242 g/mol. The smallest absolute Gasteiger partial charge is 0.170 e. The standard InChI is InChI=1S/C14H21N3O2/c1-10-8-12(10)9-16-6-7-19-13-4-2-11(3-5-13)14(15)17-18/h2-5,10,12,16,18H,6-9H2,1H3,(H2,15,17). The molecule has 0 heterocycles. The lowest BCUT2D eigenvalue weighted by Crippen LogP contribution is -2.23. The lowest BCUT2D eigenvalue weighted by Gasteiger charge is -2.08. The fraction of sp³-hybridized carbons (Fsp3) is 0.500. The van der Waals surface area contributed by atoms with Crippen molar-refractivity contribution in [3.8, 4) is 5.75 Å². The number of hydrogen-bond acceptors (Lipinski definition) is 4. The maximum absolute atomic E-state index is 8.55. The highest BCUT2D eigenvalue weighted by Gasteiger charge is 2.31. The molecule has 1 saturated carbocycles. The summed E-state index contributed by atoms with van der Waals surface area (Å²) in [5.74, 6) is 2.64. The molecule has 5 heteroatoms. The molecule has 1 aliphatic rings. The van der Waals surface area contributed by atoms with Crippen LogP contribution in [0.25, 0.3) is 0 Å². The van der Waals surface area contributed by atoms with Crippen LogP contribution in [0, 0.1) is 11.8 Å². The van der Waals surface area contributed by atoms with E-state index in [4.69, 9.17) is 15.7 Å². The Morgan fingerprint density at radius 3 is 2.74 bits per heavy atom. The second-order valence-corrected chi connectivity index (χ2v) is 5.04. The Labute approximate surface area is 113 Å². The maximum atomic E-state index is 8.55. The molecular formula is C14H21N3O2. The summed E-state index contributed by atoms with van der Waals surface area (Å²) in [6.07, 6.45) is 1.35. The van der Waals surface area contributed by atoms with Crippen LogP contribution < -0.4 is 15.8 Å². The number of oxime groups is 1. The molecule has 1 aromatic rings. The summed E-state index contributed by atoms with van der Waals surface area (Å²) in [4.78, 5) is 0. The number of nitrogens with zero attached hydrogens (tertiary/aromatic N) is 1. The van der Waals surface area contributed by atoms with E-state index in [-0.39, 0.29) is 5.84 Å². The summed E-state index contributed by atoms with van der Waals surface area (Å²) >= 11 is 0. The molecule has 2 rings (SSSR count). The second-order valence-electron chi connectivity index (χ2n) is 5.04. The van der Waals surface area contributed by atoms with E-state index in [1.165, 1.54) is 6.42 Å². The first kappa shape index (κ1) is 13.7. The molecule has 0 aromatic heterocycles. The summed E-state index contributed by atoms with van der Waals surface area (Å²) in [5, 5.41) is 14.9. The number of ether oxygens (including phenoxy) is 1. The number of hydrogen-bond donors (Lipinski definition) is 3. The first-order chi connectivity index (χ1) is 9.20. The Morgan fingerprint density at radius 1 is 1.47 bits per heavy atom. The van der Waals surface area contributed by atoms with Gasteiger partial charge in [-0.3, -0.25) is 0 Å². The average Bonchev–Trinajstić information content (AvgIpc) is 3.14. The van der Waals surface area contributed by atoms with E-state index in [0.29, 0.717) is 12.2 Å². The zero-order valence-corrected chi connectivity index (χ0v) is 11.2. The third kappa shape index (κ3) is 4.13. The zero-order chi connectivity index (χ0) is 13.7. The number of amidine groups is 1. The van der Waals surface area contributed by atoms with E-state index < -0.39 is 0 Å². The van der Waals surface area contributed by atoms with Crippen LogP contribution in [0.1, 0.15) is 18.9 Å². The molecule has 0 spiro atoms. The predicted octanol–water partition coefficient (Wildman–Crippen LogP) is 1.41. The normalized spacial score (nSPS) is 22.3. The minimum atomic E-state index is 0.103. The third-order valence-corrected chi connectivity index (χ3v) is 3.49. The predicted molar refractivity (Wildman–Crippen MR) is 74.6 cm³/mol. The first-order valence-corrected chi connectivity index (χ1v) is 6.62. The highest BCUT2D eigenvalue weighted by atomic mass is 16.5.